The SMILES string of the molecule is COc1cc(OC)c([C@@H]2O[C@H](CO)[C@@H](O)[C@H](O)[C@H]2O)c(OC)c1C(=O)/C=C/c1ccc(C(C)C)cc1. The van der Waals surface area contributed by atoms with Gasteiger partial charge < -0.3 is 39.4 Å². The van der Waals surface area contributed by atoms with Crippen LogP contribution in [-0.4, -0.2) is 78.6 Å². The maximum Gasteiger partial charge on any atom is 0.193 e. The Bertz CT molecular complexity index is 1080. The summed E-state index contributed by atoms with van der Waals surface area (Å²) in [5.41, 5.74) is 2.20. The van der Waals surface area contributed by atoms with Gasteiger partial charge in [0.05, 0.1) is 33.5 Å². The van der Waals surface area contributed by atoms with Crippen molar-refractivity contribution in [3.8, 4) is 17.2 Å². The molecule has 1 fully saturated rings. The van der Waals surface area contributed by atoms with Gasteiger partial charge in [0.15, 0.2) is 5.78 Å². The largest absolute Gasteiger partial charge is 0.496 e. The molecule has 1 aliphatic heterocycles. The summed E-state index contributed by atoms with van der Waals surface area (Å²) < 4.78 is 22.2. The molecule has 1 aliphatic rings. The van der Waals surface area contributed by atoms with Gasteiger partial charge in [-0.3, -0.25) is 4.79 Å². The molecule has 1 heterocycles. The van der Waals surface area contributed by atoms with Gasteiger partial charge in [0.1, 0.15) is 53.3 Å². The fourth-order valence-corrected chi connectivity index (χ4v) is 4.26. The molecule has 1 saturated heterocycles. The molecule has 0 radical (unpaired) electrons. The quantitative estimate of drug-likeness (QED) is 0.301. The minimum absolute atomic E-state index is 0.0142. The lowest BCUT2D eigenvalue weighted by Crippen LogP contribution is -2.55. The van der Waals surface area contributed by atoms with Gasteiger partial charge in [0.25, 0.3) is 0 Å². The zero-order valence-corrected chi connectivity index (χ0v) is 21.0. The first-order chi connectivity index (χ1) is 17.2. The lowest BCUT2D eigenvalue weighted by atomic mass is 9.88. The van der Waals surface area contributed by atoms with Crippen molar-refractivity contribution in [1.82, 2.24) is 0 Å². The number of hydrogen-bond acceptors (Lipinski definition) is 9. The number of aliphatic hydroxyl groups is 4. The molecule has 0 aromatic heterocycles. The van der Waals surface area contributed by atoms with Crippen LogP contribution in [0.3, 0.4) is 0 Å². The number of carbonyl (C=O) groups excluding carboxylic acids is 1. The highest BCUT2D eigenvalue weighted by Gasteiger charge is 2.46. The van der Waals surface area contributed by atoms with E-state index in [2.05, 4.69) is 13.8 Å². The fourth-order valence-electron chi connectivity index (χ4n) is 4.26. The fraction of sp³-hybridized carbons (Fsp3) is 0.444. The summed E-state index contributed by atoms with van der Waals surface area (Å²) in [6, 6.07) is 9.29. The van der Waals surface area contributed by atoms with Crippen LogP contribution in [0.1, 0.15) is 52.9 Å². The normalized spacial score (nSPS) is 24.2. The molecule has 9 heteroatoms. The highest BCUT2D eigenvalue weighted by atomic mass is 16.5. The highest BCUT2D eigenvalue weighted by molar-refractivity contribution is 6.11. The smallest absolute Gasteiger partial charge is 0.193 e. The molecule has 0 bridgehead atoms. The summed E-state index contributed by atoms with van der Waals surface area (Å²) in [7, 11) is 4.11. The van der Waals surface area contributed by atoms with E-state index in [1.54, 1.807) is 6.08 Å². The van der Waals surface area contributed by atoms with Crippen molar-refractivity contribution >= 4 is 11.9 Å². The number of allylic oxidation sites excluding steroid dienone is 1. The van der Waals surface area contributed by atoms with Gasteiger partial charge in [-0.25, -0.2) is 0 Å². The molecule has 0 aliphatic carbocycles. The third kappa shape index (κ3) is 5.40. The first-order valence-electron chi connectivity index (χ1n) is 11.6. The molecule has 2 aromatic carbocycles. The van der Waals surface area contributed by atoms with Gasteiger partial charge in [-0.05, 0) is 23.1 Å². The molecule has 0 spiro atoms. The van der Waals surface area contributed by atoms with Crippen LogP contribution in [0.2, 0.25) is 0 Å². The van der Waals surface area contributed by atoms with Gasteiger partial charge in [-0.15, -0.1) is 0 Å². The zero-order chi connectivity index (χ0) is 26.6. The average Bonchev–Trinajstić information content (AvgIpc) is 2.89. The van der Waals surface area contributed by atoms with Crippen LogP contribution in [0.25, 0.3) is 6.08 Å². The van der Waals surface area contributed by atoms with Crippen molar-refractivity contribution in [3.05, 3.63) is 58.7 Å². The van der Waals surface area contributed by atoms with E-state index in [0.717, 1.165) is 5.56 Å². The summed E-state index contributed by atoms with van der Waals surface area (Å²) in [6.07, 6.45) is -4.14. The van der Waals surface area contributed by atoms with E-state index in [9.17, 15) is 25.2 Å². The molecular weight excluding hydrogens is 468 g/mol. The molecule has 9 nitrogen and oxygen atoms in total. The lowest BCUT2D eigenvalue weighted by molar-refractivity contribution is -0.232. The summed E-state index contributed by atoms with van der Waals surface area (Å²) in [5, 5.41) is 40.8. The Hall–Kier alpha value is -2.95. The predicted molar refractivity (Wildman–Crippen MR) is 133 cm³/mol. The van der Waals surface area contributed by atoms with Crippen LogP contribution in [-0.2, 0) is 4.74 Å². The van der Waals surface area contributed by atoms with E-state index in [-0.39, 0.29) is 28.4 Å². The molecule has 196 valence electrons. The van der Waals surface area contributed by atoms with E-state index < -0.39 is 42.9 Å². The summed E-state index contributed by atoms with van der Waals surface area (Å²) in [4.78, 5) is 13.4. The first kappa shape index (κ1) is 27.6. The van der Waals surface area contributed by atoms with E-state index >= 15 is 0 Å². The van der Waals surface area contributed by atoms with Crippen molar-refractivity contribution < 1.29 is 44.2 Å². The maximum absolute atomic E-state index is 13.4. The molecule has 0 unspecified atom stereocenters. The second-order valence-electron chi connectivity index (χ2n) is 8.87. The first-order valence-corrected chi connectivity index (χ1v) is 11.6. The van der Waals surface area contributed by atoms with Crippen molar-refractivity contribution in [2.75, 3.05) is 27.9 Å². The third-order valence-corrected chi connectivity index (χ3v) is 6.34. The van der Waals surface area contributed by atoms with Crippen molar-refractivity contribution in [1.29, 1.82) is 0 Å². The van der Waals surface area contributed by atoms with Gasteiger partial charge in [-0.2, -0.15) is 0 Å². The summed E-state index contributed by atoms with van der Waals surface area (Å²) >= 11 is 0. The second-order valence-corrected chi connectivity index (χ2v) is 8.87. The number of aliphatic hydroxyl groups excluding tert-OH is 4. The van der Waals surface area contributed by atoms with Crippen molar-refractivity contribution in [2.45, 2.75) is 50.3 Å². The van der Waals surface area contributed by atoms with Gasteiger partial charge in [0.2, 0.25) is 0 Å². The van der Waals surface area contributed by atoms with E-state index in [0.29, 0.717) is 5.92 Å². The molecule has 36 heavy (non-hydrogen) atoms. The Morgan fingerprint density at radius 1 is 0.972 bits per heavy atom. The van der Waals surface area contributed by atoms with Crippen LogP contribution >= 0.6 is 0 Å². The van der Waals surface area contributed by atoms with Gasteiger partial charge >= 0.3 is 0 Å². The molecule has 0 amide bonds. The average molecular weight is 503 g/mol. The van der Waals surface area contributed by atoms with Crippen molar-refractivity contribution in [3.63, 3.8) is 0 Å². The lowest BCUT2D eigenvalue weighted by Gasteiger charge is -2.41. The molecular formula is C27H34O9. The molecule has 0 saturated carbocycles. The minimum Gasteiger partial charge on any atom is -0.496 e. The maximum atomic E-state index is 13.4. The molecule has 3 rings (SSSR count). The van der Waals surface area contributed by atoms with Crippen LogP contribution in [0.4, 0.5) is 0 Å². The highest BCUT2D eigenvalue weighted by Crippen LogP contribution is 2.47. The second kappa shape index (κ2) is 11.9. The van der Waals surface area contributed by atoms with E-state index in [1.165, 1.54) is 39.0 Å². The van der Waals surface area contributed by atoms with Gasteiger partial charge in [0, 0.05) is 6.07 Å². The Morgan fingerprint density at radius 3 is 2.14 bits per heavy atom. The zero-order valence-electron chi connectivity index (χ0n) is 21.0. The summed E-state index contributed by atoms with van der Waals surface area (Å²) in [5.74, 6) is 0.295. The standard InChI is InChI=1S/C27H34O9/c1-14(2)16-9-6-15(7-10-16)8-11-17(29)21-18(33-3)12-19(34-4)22(26(21)35-5)27-25(32)24(31)23(30)20(13-28)36-27/h6-12,14,20,23-25,27-28,30-32H,13H2,1-5H3/b11-8+/t20-,23-,24+,25-,27+/m1/s1. The van der Waals surface area contributed by atoms with Crippen molar-refractivity contribution in [2.24, 2.45) is 0 Å². The topological polar surface area (TPSA) is 135 Å². The Morgan fingerprint density at radius 2 is 1.61 bits per heavy atom. The van der Waals surface area contributed by atoms with Crippen LogP contribution < -0.4 is 14.2 Å². The molecule has 5 atom stereocenters. The Balaban J connectivity index is 2.09. The minimum atomic E-state index is -1.62. The molecule has 4 N–H and O–H groups in total. The molecule has 2 aromatic rings. The third-order valence-electron chi connectivity index (χ3n) is 6.34. The number of rotatable bonds is 9. The van der Waals surface area contributed by atoms with Crippen LogP contribution in [0, 0.1) is 0 Å². The number of carbonyl (C=O) groups is 1. The van der Waals surface area contributed by atoms with Crippen LogP contribution in [0.5, 0.6) is 17.2 Å². The number of hydrogen-bond donors (Lipinski definition) is 4. The van der Waals surface area contributed by atoms with E-state index in [1.807, 2.05) is 24.3 Å². The number of benzene rings is 2. The number of methoxy groups -OCH3 is 3. The number of ether oxygens (including phenoxy) is 4. The van der Waals surface area contributed by atoms with E-state index in [4.69, 9.17) is 18.9 Å². The van der Waals surface area contributed by atoms with Gasteiger partial charge in [-0.1, -0.05) is 44.2 Å². The predicted octanol–water partition coefficient (Wildman–Crippen LogP) is 2.25. The Labute approximate surface area is 210 Å². The Kier molecular flexibility index (Phi) is 9.10. The monoisotopic (exact) mass is 502 g/mol. The number of ketones is 1. The summed E-state index contributed by atoms with van der Waals surface area (Å²) in [6.45, 7) is 3.60. The van der Waals surface area contributed by atoms with Crippen LogP contribution in [0.15, 0.2) is 36.4 Å².